The van der Waals surface area contributed by atoms with E-state index in [1.54, 1.807) is 13.0 Å². The average molecular weight is 161 g/mol. The maximum Gasteiger partial charge on any atom is -0.0112 e. The summed E-state index contributed by atoms with van der Waals surface area (Å²) in [7, 11) is 0. The quantitative estimate of drug-likeness (QED) is 0.619. The van der Waals surface area contributed by atoms with Crippen LogP contribution < -0.4 is 5.11 Å². The Morgan fingerprint density at radius 3 is 2.33 bits per heavy atom. The normalized spacial score (nSPS) is 15.2. The summed E-state index contributed by atoms with van der Waals surface area (Å²) in [5.41, 5.74) is 1.05. The molecule has 1 rings (SSSR count). The van der Waals surface area contributed by atoms with Crippen LogP contribution in [-0.4, -0.2) is 6.10 Å². The lowest BCUT2D eigenvalue weighted by Gasteiger charge is -2.25. The van der Waals surface area contributed by atoms with Gasteiger partial charge in [-0.05, 0) is 11.5 Å². The molecule has 1 heteroatoms. The zero-order chi connectivity index (χ0) is 8.97. The molecule has 1 aromatic rings. The van der Waals surface area contributed by atoms with Crippen LogP contribution in [-0.2, 0) is 0 Å². The van der Waals surface area contributed by atoms with Crippen LogP contribution in [0.15, 0.2) is 43.0 Å². The van der Waals surface area contributed by atoms with Crippen molar-refractivity contribution in [3.8, 4) is 0 Å². The summed E-state index contributed by atoms with van der Waals surface area (Å²) in [6.07, 6.45) is 1.09. The van der Waals surface area contributed by atoms with Crippen LogP contribution in [0, 0.1) is 0 Å². The molecule has 0 radical (unpaired) electrons. The fourth-order valence-corrected chi connectivity index (χ4v) is 1.27. The summed E-state index contributed by atoms with van der Waals surface area (Å²) in [6.45, 7) is 5.32. The second-order valence-electron chi connectivity index (χ2n) is 2.88. The van der Waals surface area contributed by atoms with E-state index >= 15 is 0 Å². The molecule has 0 amide bonds. The Kier molecular flexibility index (Phi) is 3.06. The lowest BCUT2D eigenvalue weighted by Crippen LogP contribution is -2.27. The van der Waals surface area contributed by atoms with Gasteiger partial charge in [0.1, 0.15) is 0 Å². The van der Waals surface area contributed by atoms with Gasteiger partial charge in [0.15, 0.2) is 0 Å². The third kappa shape index (κ3) is 1.95. The van der Waals surface area contributed by atoms with Gasteiger partial charge in [0.25, 0.3) is 0 Å². The van der Waals surface area contributed by atoms with Crippen molar-refractivity contribution in [1.82, 2.24) is 0 Å². The van der Waals surface area contributed by atoms with Crippen LogP contribution in [0.1, 0.15) is 18.4 Å². The van der Waals surface area contributed by atoms with Crippen LogP contribution in [0.2, 0.25) is 0 Å². The van der Waals surface area contributed by atoms with E-state index in [1.807, 2.05) is 30.3 Å². The second kappa shape index (κ2) is 4.07. The van der Waals surface area contributed by atoms with Gasteiger partial charge >= 0.3 is 0 Å². The topological polar surface area (TPSA) is 23.1 Å². The van der Waals surface area contributed by atoms with Crippen molar-refractivity contribution in [1.29, 1.82) is 0 Å². The van der Waals surface area contributed by atoms with Gasteiger partial charge in [-0.15, -0.1) is 12.7 Å². The standard InChI is InChI=1S/C11H13O/c1-3-11(9(2)12)10-7-5-4-6-8-10/h3-9,11H,1H2,2H3/q-1. The molecule has 0 bridgehead atoms. The van der Waals surface area contributed by atoms with Gasteiger partial charge in [0.05, 0.1) is 0 Å². The minimum atomic E-state index is -0.620. The van der Waals surface area contributed by atoms with Gasteiger partial charge in [-0.3, -0.25) is 0 Å². The van der Waals surface area contributed by atoms with Crippen LogP contribution in [0.5, 0.6) is 0 Å². The van der Waals surface area contributed by atoms with E-state index in [0.717, 1.165) is 5.56 Å². The van der Waals surface area contributed by atoms with Crippen LogP contribution in [0.3, 0.4) is 0 Å². The predicted octanol–water partition coefficient (Wildman–Crippen LogP) is 1.70. The van der Waals surface area contributed by atoms with Crippen molar-refractivity contribution in [3.63, 3.8) is 0 Å². The molecule has 0 spiro atoms. The maximum absolute atomic E-state index is 11.2. The molecule has 0 saturated heterocycles. The van der Waals surface area contributed by atoms with Crippen LogP contribution in [0.4, 0.5) is 0 Å². The number of benzene rings is 1. The lowest BCUT2D eigenvalue weighted by atomic mass is 9.95. The fraction of sp³-hybridized carbons (Fsp3) is 0.273. The maximum atomic E-state index is 11.2. The first-order chi connectivity index (χ1) is 5.75. The Labute approximate surface area is 73.4 Å². The molecule has 0 heterocycles. The SMILES string of the molecule is C=CC(c1ccccc1)C(C)[O-]. The first-order valence-corrected chi connectivity index (χ1v) is 4.09. The summed E-state index contributed by atoms with van der Waals surface area (Å²) >= 11 is 0. The van der Waals surface area contributed by atoms with E-state index in [9.17, 15) is 5.11 Å². The highest BCUT2D eigenvalue weighted by atomic mass is 16.3. The first kappa shape index (κ1) is 9.01. The van der Waals surface area contributed by atoms with Crippen molar-refractivity contribution < 1.29 is 5.11 Å². The van der Waals surface area contributed by atoms with Crippen molar-refractivity contribution in [2.45, 2.75) is 18.9 Å². The largest absolute Gasteiger partial charge is 0.851 e. The van der Waals surface area contributed by atoms with Gasteiger partial charge in [-0.1, -0.05) is 43.3 Å². The molecule has 64 valence electrons. The average Bonchev–Trinajstić information content (AvgIpc) is 2.07. The van der Waals surface area contributed by atoms with Gasteiger partial charge in [-0.2, -0.15) is 0 Å². The van der Waals surface area contributed by atoms with Crippen molar-refractivity contribution in [2.24, 2.45) is 0 Å². The van der Waals surface area contributed by atoms with E-state index in [2.05, 4.69) is 6.58 Å². The molecule has 1 nitrogen and oxygen atoms in total. The summed E-state index contributed by atoms with van der Waals surface area (Å²) in [4.78, 5) is 0. The zero-order valence-electron chi connectivity index (χ0n) is 7.23. The molecule has 0 aliphatic heterocycles. The number of hydrogen-bond acceptors (Lipinski definition) is 1. The van der Waals surface area contributed by atoms with Crippen molar-refractivity contribution in [2.75, 3.05) is 0 Å². The predicted molar refractivity (Wildman–Crippen MR) is 48.8 cm³/mol. The zero-order valence-corrected chi connectivity index (χ0v) is 7.23. The Hall–Kier alpha value is -1.08. The first-order valence-electron chi connectivity index (χ1n) is 4.09. The molecular formula is C11H13O-. The minimum Gasteiger partial charge on any atom is -0.851 e. The van der Waals surface area contributed by atoms with Gasteiger partial charge in [0.2, 0.25) is 0 Å². The van der Waals surface area contributed by atoms with Crippen LogP contribution >= 0.6 is 0 Å². The highest BCUT2D eigenvalue weighted by Crippen LogP contribution is 2.18. The summed E-state index contributed by atoms with van der Waals surface area (Å²) in [5, 5.41) is 11.2. The van der Waals surface area contributed by atoms with Crippen LogP contribution in [0.25, 0.3) is 0 Å². The smallest absolute Gasteiger partial charge is 0.0112 e. The fourth-order valence-electron chi connectivity index (χ4n) is 1.27. The third-order valence-corrected chi connectivity index (χ3v) is 1.94. The van der Waals surface area contributed by atoms with Gasteiger partial charge in [-0.25, -0.2) is 0 Å². The van der Waals surface area contributed by atoms with Gasteiger partial charge < -0.3 is 5.11 Å². The minimum absolute atomic E-state index is 0.0637. The summed E-state index contributed by atoms with van der Waals surface area (Å²) in [6, 6.07) is 9.74. The molecule has 12 heavy (non-hydrogen) atoms. The molecule has 2 unspecified atom stereocenters. The highest BCUT2D eigenvalue weighted by Gasteiger charge is 2.05. The molecule has 0 aliphatic carbocycles. The Morgan fingerprint density at radius 1 is 1.33 bits per heavy atom. The molecule has 1 aromatic carbocycles. The Bertz CT molecular complexity index is 238. The molecule has 0 saturated carbocycles. The third-order valence-electron chi connectivity index (χ3n) is 1.94. The summed E-state index contributed by atoms with van der Waals surface area (Å²) in [5.74, 6) is -0.0637. The molecule has 0 aromatic heterocycles. The molecule has 0 aliphatic rings. The van der Waals surface area contributed by atoms with E-state index in [4.69, 9.17) is 0 Å². The van der Waals surface area contributed by atoms with Crippen molar-refractivity contribution >= 4 is 0 Å². The monoisotopic (exact) mass is 161 g/mol. The van der Waals surface area contributed by atoms with E-state index in [-0.39, 0.29) is 5.92 Å². The molecule has 0 N–H and O–H groups in total. The lowest BCUT2D eigenvalue weighted by molar-refractivity contribution is -0.417. The van der Waals surface area contributed by atoms with E-state index in [1.165, 1.54) is 0 Å². The van der Waals surface area contributed by atoms with E-state index < -0.39 is 6.10 Å². The summed E-state index contributed by atoms with van der Waals surface area (Å²) < 4.78 is 0. The highest BCUT2D eigenvalue weighted by molar-refractivity contribution is 5.23. The Balaban J connectivity index is 2.88. The van der Waals surface area contributed by atoms with Gasteiger partial charge in [0, 0.05) is 0 Å². The van der Waals surface area contributed by atoms with E-state index in [0.29, 0.717) is 0 Å². The second-order valence-corrected chi connectivity index (χ2v) is 2.88. The van der Waals surface area contributed by atoms with Crippen molar-refractivity contribution in [3.05, 3.63) is 48.6 Å². The molecule has 2 atom stereocenters. The number of hydrogen-bond donors (Lipinski definition) is 0. The molecule has 0 fully saturated rings. The molecular weight excluding hydrogens is 148 g/mol. The Morgan fingerprint density at radius 2 is 1.92 bits per heavy atom. The number of rotatable bonds is 3.